The maximum Gasteiger partial charge on any atom is 0.303 e. The molecule has 1 aromatic carbocycles. The van der Waals surface area contributed by atoms with Crippen LogP contribution in [0.25, 0.3) is 0 Å². The molecule has 0 saturated heterocycles. The van der Waals surface area contributed by atoms with Crippen LogP contribution in [0.15, 0.2) is 36.4 Å². The third-order valence-corrected chi connectivity index (χ3v) is 5.92. The first kappa shape index (κ1) is 21.1. The lowest BCUT2D eigenvalue weighted by Crippen LogP contribution is -2.14. The largest absolute Gasteiger partial charge is 0.481 e. The van der Waals surface area contributed by atoms with Gasteiger partial charge in [-0.05, 0) is 54.5 Å². The molecule has 4 heterocycles. The fraction of sp³-hybridized carbons (Fsp3) is 0.375. The number of carboxylic acid groups (broad SMARTS) is 1. The molecule has 1 unspecified atom stereocenters. The number of pyridine rings is 1. The minimum Gasteiger partial charge on any atom is -0.481 e. The Bertz CT molecular complexity index is 1150. The van der Waals surface area contributed by atoms with E-state index in [2.05, 4.69) is 26.6 Å². The van der Waals surface area contributed by atoms with Crippen LogP contribution < -0.4 is 19.5 Å². The molecule has 5 rings (SSSR count). The van der Waals surface area contributed by atoms with Crippen LogP contribution in [-0.4, -0.2) is 46.2 Å². The molecular formula is C24H26N4O5. The normalized spacial score (nSPS) is 14.9. The summed E-state index contributed by atoms with van der Waals surface area (Å²) in [6.45, 7) is 1.60. The van der Waals surface area contributed by atoms with Crippen LogP contribution in [0.3, 0.4) is 0 Å². The number of ether oxygens (including phenoxy) is 3. The minimum atomic E-state index is -0.860. The monoisotopic (exact) mass is 450 g/mol. The van der Waals surface area contributed by atoms with Gasteiger partial charge >= 0.3 is 5.97 Å². The van der Waals surface area contributed by atoms with E-state index in [1.165, 1.54) is 5.56 Å². The van der Waals surface area contributed by atoms with E-state index in [1.54, 1.807) is 0 Å². The van der Waals surface area contributed by atoms with Gasteiger partial charge in [0.25, 0.3) is 0 Å². The number of carboxylic acids is 1. The number of hydrogen-bond donors (Lipinski definition) is 3. The number of aromatic amines is 1. The molecule has 9 nitrogen and oxygen atoms in total. The van der Waals surface area contributed by atoms with E-state index < -0.39 is 5.97 Å². The van der Waals surface area contributed by atoms with Gasteiger partial charge in [-0.2, -0.15) is 0 Å². The summed E-state index contributed by atoms with van der Waals surface area (Å²) < 4.78 is 16.6. The first-order valence-corrected chi connectivity index (χ1v) is 11.1. The summed E-state index contributed by atoms with van der Waals surface area (Å²) >= 11 is 0. The number of fused-ring (bicyclic) bond motifs is 2. The quantitative estimate of drug-likeness (QED) is 0.454. The average molecular weight is 450 g/mol. The maximum absolute atomic E-state index is 11.5. The Hall–Kier alpha value is -3.75. The molecule has 0 bridgehead atoms. The highest BCUT2D eigenvalue weighted by Gasteiger charge is 2.21. The van der Waals surface area contributed by atoms with Crippen LogP contribution >= 0.6 is 0 Å². The van der Waals surface area contributed by atoms with Gasteiger partial charge < -0.3 is 24.6 Å². The number of benzene rings is 1. The van der Waals surface area contributed by atoms with Gasteiger partial charge in [0.15, 0.2) is 11.5 Å². The molecule has 2 aromatic heterocycles. The lowest BCUT2D eigenvalue weighted by Gasteiger charge is -2.17. The molecule has 2 aliphatic rings. The van der Waals surface area contributed by atoms with Crippen molar-refractivity contribution in [3.8, 4) is 17.4 Å². The van der Waals surface area contributed by atoms with Crippen molar-refractivity contribution in [2.24, 2.45) is 0 Å². The Morgan fingerprint density at radius 2 is 2.09 bits per heavy atom. The van der Waals surface area contributed by atoms with Gasteiger partial charge in [-0.3, -0.25) is 9.89 Å². The number of anilines is 1. The summed E-state index contributed by atoms with van der Waals surface area (Å²) in [6.07, 6.45) is 3.36. The molecule has 0 amide bonds. The number of carbonyl (C=O) groups is 1. The van der Waals surface area contributed by atoms with Gasteiger partial charge in [0.1, 0.15) is 5.82 Å². The Kier molecular flexibility index (Phi) is 6.01. The lowest BCUT2D eigenvalue weighted by molar-refractivity contribution is -0.137. The zero-order valence-corrected chi connectivity index (χ0v) is 18.2. The predicted molar refractivity (Wildman–Crippen MR) is 120 cm³/mol. The number of nitrogens with one attached hydrogen (secondary N) is 2. The predicted octanol–water partition coefficient (Wildman–Crippen LogP) is 3.31. The molecule has 0 aliphatic carbocycles. The van der Waals surface area contributed by atoms with Crippen molar-refractivity contribution in [3.63, 3.8) is 0 Å². The highest BCUT2D eigenvalue weighted by atomic mass is 16.7. The molecule has 3 N–H and O–H groups in total. The van der Waals surface area contributed by atoms with Gasteiger partial charge in [0.2, 0.25) is 12.7 Å². The maximum atomic E-state index is 11.5. The van der Waals surface area contributed by atoms with Crippen LogP contribution in [0.1, 0.15) is 41.3 Å². The Balaban J connectivity index is 1.19. The first-order valence-electron chi connectivity index (χ1n) is 11.1. The zero-order valence-electron chi connectivity index (χ0n) is 18.2. The molecular weight excluding hydrogens is 424 g/mol. The van der Waals surface area contributed by atoms with E-state index >= 15 is 0 Å². The second kappa shape index (κ2) is 9.40. The number of H-pyrrole nitrogens is 1. The van der Waals surface area contributed by atoms with Crippen molar-refractivity contribution < 1.29 is 24.1 Å². The van der Waals surface area contributed by atoms with Crippen molar-refractivity contribution in [3.05, 3.63) is 58.9 Å². The van der Waals surface area contributed by atoms with Crippen LogP contribution in [0.4, 0.5) is 5.82 Å². The molecule has 0 fully saturated rings. The Morgan fingerprint density at radius 1 is 1.18 bits per heavy atom. The molecule has 33 heavy (non-hydrogen) atoms. The second-order valence-electron chi connectivity index (χ2n) is 8.28. The van der Waals surface area contributed by atoms with Crippen molar-refractivity contribution in [2.45, 2.75) is 38.0 Å². The first-order chi connectivity index (χ1) is 16.1. The summed E-state index contributed by atoms with van der Waals surface area (Å²) in [5.74, 6) is 1.68. The zero-order chi connectivity index (χ0) is 22.6. The van der Waals surface area contributed by atoms with Crippen molar-refractivity contribution in [1.82, 2.24) is 15.2 Å². The van der Waals surface area contributed by atoms with Gasteiger partial charge in [-0.1, -0.05) is 12.1 Å². The molecule has 3 aromatic rings. The summed E-state index contributed by atoms with van der Waals surface area (Å²) in [7, 11) is 0. The third-order valence-electron chi connectivity index (χ3n) is 5.92. The standard InChI is InChI=1S/C24H26N4O5/c29-23(30)12-17(16-4-6-20-21(11-16)33-14-32-20)10-19-13-22(28-27-19)31-9-7-18-5-3-15-2-1-8-25-24(15)26-18/h3-6,11,13,17H,1-2,7-10,12,14H2,(H,25,26)(H,27,28)(H,29,30). The van der Waals surface area contributed by atoms with Gasteiger partial charge in [0.05, 0.1) is 13.0 Å². The van der Waals surface area contributed by atoms with Crippen molar-refractivity contribution in [2.75, 3.05) is 25.3 Å². The topological polar surface area (TPSA) is 119 Å². The fourth-order valence-electron chi connectivity index (χ4n) is 4.24. The van der Waals surface area contributed by atoms with Gasteiger partial charge in [0, 0.05) is 30.4 Å². The lowest BCUT2D eigenvalue weighted by atomic mass is 9.91. The fourth-order valence-corrected chi connectivity index (χ4v) is 4.24. The minimum absolute atomic E-state index is 0.00706. The van der Waals surface area contributed by atoms with E-state index in [0.717, 1.165) is 42.2 Å². The molecule has 9 heteroatoms. The Morgan fingerprint density at radius 3 is 3.00 bits per heavy atom. The SMILES string of the molecule is O=C(O)CC(Cc1cc(OCCc2ccc3c(n2)NCCC3)n[nH]1)c1ccc2c(c1)OCO2. The number of aryl methyl sites for hydroxylation is 1. The molecule has 172 valence electrons. The van der Waals surface area contributed by atoms with E-state index in [0.29, 0.717) is 36.8 Å². The number of nitrogens with zero attached hydrogens (tertiary/aromatic N) is 2. The summed E-state index contributed by atoms with van der Waals surface area (Å²) in [5, 5.41) is 20.0. The van der Waals surface area contributed by atoms with Gasteiger partial charge in [-0.25, -0.2) is 4.98 Å². The van der Waals surface area contributed by atoms with Crippen LogP contribution in [0.5, 0.6) is 17.4 Å². The second-order valence-corrected chi connectivity index (χ2v) is 8.28. The van der Waals surface area contributed by atoms with Crippen LogP contribution in [0, 0.1) is 0 Å². The van der Waals surface area contributed by atoms with E-state index in [-0.39, 0.29) is 19.1 Å². The number of hydrogen-bond acceptors (Lipinski definition) is 7. The molecule has 1 atom stereocenters. The number of aromatic nitrogens is 3. The highest BCUT2D eigenvalue weighted by molar-refractivity contribution is 5.68. The van der Waals surface area contributed by atoms with Crippen molar-refractivity contribution >= 4 is 11.8 Å². The third kappa shape index (κ3) is 5.02. The Labute approximate surface area is 191 Å². The summed E-state index contributed by atoms with van der Waals surface area (Å²) in [6, 6.07) is 11.6. The van der Waals surface area contributed by atoms with Crippen LogP contribution in [-0.2, 0) is 24.1 Å². The van der Waals surface area contributed by atoms with Crippen LogP contribution in [0.2, 0.25) is 0 Å². The molecule has 0 radical (unpaired) electrons. The highest BCUT2D eigenvalue weighted by Crippen LogP contribution is 2.36. The van der Waals surface area contributed by atoms with Crippen molar-refractivity contribution in [1.29, 1.82) is 0 Å². The van der Waals surface area contributed by atoms with E-state index in [1.807, 2.05) is 30.3 Å². The number of rotatable bonds is 9. The summed E-state index contributed by atoms with van der Waals surface area (Å²) in [4.78, 5) is 16.1. The smallest absolute Gasteiger partial charge is 0.303 e. The molecule has 0 saturated carbocycles. The van der Waals surface area contributed by atoms with Gasteiger partial charge in [-0.15, -0.1) is 5.10 Å². The number of aliphatic carboxylic acids is 1. The van der Waals surface area contributed by atoms with E-state index in [9.17, 15) is 9.90 Å². The molecule has 2 aliphatic heterocycles. The average Bonchev–Trinajstić information content (AvgIpc) is 3.47. The summed E-state index contributed by atoms with van der Waals surface area (Å²) in [5.41, 5.74) is 3.93. The molecule has 0 spiro atoms. The van der Waals surface area contributed by atoms with E-state index in [4.69, 9.17) is 14.2 Å².